The zero-order valence-electron chi connectivity index (χ0n) is 18.2. The number of fused-ring (bicyclic) bond motifs is 1. The van der Waals surface area contributed by atoms with Crippen LogP contribution in [0, 0.1) is 5.92 Å². The first kappa shape index (κ1) is 21.8. The molecule has 0 bridgehead atoms. The Kier molecular flexibility index (Phi) is 7.79. The van der Waals surface area contributed by atoms with Crippen molar-refractivity contribution in [3.05, 3.63) is 11.6 Å². The highest BCUT2D eigenvalue weighted by molar-refractivity contribution is 6.28. The Labute approximate surface area is 184 Å². The predicted molar refractivity (Wildman–Crippen MR) is 121 cm³/mol. The van der Waals surface area contributed by atoms with Crippen LogP contribution in [0.1, 0.15) is 76.7 Å². The van der Waals surface area contributed by atoms with Crippen LogP contribution in [0.5, 0.6) is 0 Å². The molecule has 0 amide bonds. The van der Waals surface area contributed by atoms with Crippen LogP contribution in [-0.2, 0) is 4.74 Å². The van der Waals surface area contributed by atoms with Gasteiger partial charge in [-0.25, -0.2) is 9.99 Å². The van der Waals surface area contributed by atoms with E-state index in [1.54, 1.807) is 7.11 Å². The summed E-state index contributed by atoms with van der Waals surface area (Å²) < 4.78 is 7.32. The Hall–Kier alpha value is -1.44. The van der Waals surface area contributed by atoms with E-state index in [1.807, 2.05) is 6.33 Å². The predicted octanol–water partition coefficient (Wildman–Crippen LogP) is 5.23. The van der Waals surface area contributed by atoms with Gasteiger partial charge in [0.25, 0.3) is 0 Å². The molecule has 2 fully saturated rings. The Bertz CT molecular complexity index is 798. The van der Waals surface area contributed by atoms with Crippen LogP contribution >= 0.6 is 11.6 Å². The lowest BCUT2D eigenvalue weighted by Crippen LogP contribution is -2.38. The maximum atomic E-state index is 6.27. The molecule has 1 aliphatic carbocycles. The highest BCUT2D eigenvalue weighted by Gasteiger charge is 2.24. The van der Waals surface area contributed by atoms with E-state index in [2.05, 4.69) is 30.0 Å². The molecule has 1 aliphatic heterocycles. The number of unbranched alkanes of at least 4 members (excludes halogenated alkanes) is 3. The number of piperidine rings is 1. The van der Waals surface area contributed by atoms with E-state index in [9.17, 15) is 0 Å². The second-order valence-electron chi connectivity index (χ2n) is 8.84. The van der Waals surface area contributed by atoms with Gasteiger partial charge < -0.3 is 14.7 Å². The first-order valence-electron chi connectivity index (χ1n) is 11.6. The van der Waals surface area contributed by atoms with Gasteiger partial charge in [-0.3, -0.25) is 0 Å². The molecule has 30 heavy (non-hydrogen) atoms. The normalized spacial score (nSPS) is 19.1. The van der Waals surface area contributed by atoms with E-state index in [0.717, 1.165) is 42.6 Å². The SMILES string of the molecule is COCCCCCCC1CCN(Nc2nc(Cl)nc3c2ncn3C2CCCC2)CC1. The monoisotopic (exact) mass is 434 g/mol. The Morgan fingerprint density at radius 3 is 2.60 bits per heavy atom. The summed E-state index contributed by atoms with van der Waals surface area (Å²) in [4.78, 5) is 13.6. The minimum Gasteiger partial charge on any atom is -0.385 e. The number of hydrogen-bond acceptors (Lipinski definition) is 6. The molecule has 2 aromatic heterocycles. The van der Waals surface area contributed by atoms with Crippen LogP contribution in [0.15, 0.2) is 6.33 Å². The summed E-state index contributed by atoms with van der Waals surface area (Å²) in [6.07, 6.45) is 15.8. The molecule has 0 atom stereocenters. The summed E-state index contributed by atoms with van der Waals surface area (Å²) in [5, 5.41) is 2.55. The summed E-state index contributed by atoms with van der Waals surface area (Å²) in [7, 11) is 1.78. The third-order valence-corrected chi connectivity index (χ3v) is 6.87. The van der Waals surface area contributed by atoms with Gasteiger partial charge in [-0.15, -0.1) is 0 Å². The molecule has 0 aromatic carbocycles. The molecule has 7 nitrogen and oxygen atoms in total. The molecular formula is C22H35ClN6O. The molecule has 1 N–H and O–H groups in total. The van der Waals surface area contributed by atoms with Gasteiger partial charge in [0.1, 0.15) is 0 Å². The summed E-state index contributed by atoms with van der Waals surface area (Å²) in [6, 6.07) is 0.485. The molecule has 4 rings (SSSR count). The minimum absolute atomic E-state index is 0.285. The lowest BCUT2D eigenvalue weighted by atomic mass is 9.92. The highest BCUT2D eigenvalue weighted by Crippen LogP contribution is 2.33. The third-order valence-electron chi connectivity index (χ3n) is 6.70. The number of ether oxygens (including phenoxy) is 1. The number of rotatable bonds is 10. The number of anilines is 1. The Balaban J connectivity index is 1.30. The van der Waals surface area contributed by atoms with Crippen LogP contribution < -0.4 is 5.43 Å². The maximum absolute atomic E-state index is 6.27. The van der Waals surface area contributed by atoms with Crippen molar-refractivity contribution >= 4 is 28.6 Å². The van der Waals surface area contributed by atoms with Crippen molar-refractivity contribution in [1.82, 2.24) is 24.5 Å². The fraction of sp³-hybridized carbons (Fsp3) is 0.773. The molecule has 166 valence electrons. The van der Waals surface area contributed by atoms with Crippen molar-refractivity contribution in [1.29, 1.82) is 0 Å². The van der Waals surface area contributed by atoms with Crippen molar-refractivity contribution in [2.75, 3.05) is 32.2 Å². The van der Waals surface area contributed by atoms with E-state index in [1.165, 1.54) is 70.6 Å². The zero-order chi connectivity index (χ0) is 20.8. The Morgan fingerprint density at radius 2 is 1.83 bits per heavy atom. The van der Waals surface area contributed by atoms with E-state index in [0.29, 0.717) is 6.04 Å². The van der Waals surface area contributed by atoms with Crippen LogP contribution in [0.25, 0.3) is 11.2 Å². The molecule has 2 aromatic rings. The standard InChI is InChI=1S/C22H35ClN6O/c1-30-15-7-3-2-4-8-17-11-13-28(14-12-17)27-20-19-21(26-22(23)25-20)29(16-24-19)18-9-5-6-10-18/h16-18H,2-15H2,1H3,(H,25,26,27). The van der Waals surface area contributed by atoms with Crippen LogP contribution in [0.3, 0.4) is 0 Å². The average Bonchev–Trinajstić information content (AvgIpc) is 3.41. The van der Waals surface area contributed by atoms with Crippen molar-refractivity contribution in [3.63, 3.8) is 0 Å². The summed E-state index contributed by atoms with van der Waals surface area (Å²) >= 11 is 6.27. The molecular weight excluding hydrogens is 400 g/mol. The number of nitrogens with zero attached hydrogens (tertiary/aromatic N) is 5. The number of nitrogens with one attached hydrogen (secondary N) is 1. The molecule has 3 heterocycles. The van der Waals surface area contributed by atoms with E-state index in [4.69, 9.17) is 16.3 Å². The van der Waals surface area contributed by atoms with Crippen molar-refractivity contribution in [2.24, 2.45) is 5.92 Å². The molecule has 8 heteroatoms. The highest BCUT2D eigenvalue weighted by atomic mass is 35.5. The van der Waals surface area contributed by atoms with Gasteiger partial charge in [0.2, 0.25) is 5.28 Å². The van der Waals surface area contributed by atoms with Crippen molar-refractivity contribution in [3.8, 4) is 0 Å². The molecule has 0 unspecified atom stereocenters. The van der Waals surface area contributed by atoms with Crippen molar-refractivity contribution < 1.29 is 4.74 Å². The van der Waals surface area contributed by atoms with Gasteiger partial charge in [-0.2, -0.15) is 9.97 Å². The summed E-state index contributed by atoms with van der Waals surface area (Å²) in [6.45, 7) is 2.95. The van der Waals surface area contributed by atoms with Gasteiger partial charge in [-0.1, -0.05) is 38.5 Å². The van der Waals surface area contributed by atoms with Crippen LogP contribution in [-0.4, -0.2) is 51.3 Å². The van der Waals surface area contributed by atoms with Gasteiger partial charge >= 0.3 is 0 Å². The fourth-order valence-corrected chi connectivity index (χ4v) is 5.10. The lowest BCUT2D eigenvalue weighted by Gasteiger charge is -2.32. The number of hydrogen-bond donors (Lipinski definition) is 1. The van der Waals surface area contributed by atoms with Crippen molar-refractivity contribution in [2.45, 2.75) is 76.7 Å². The van der Waals surface area contributed by atoms with Gasteiger partial charge in [0, 0.05) is 32.8 Å². The van der Waals surface area contributed by atoms with E-state index < -0.39 is 0 Å². The number of imidazole rings is 1. The number of halogens is 1. The minimum atomic E-state index is 0.285. The smallest absolute Gasteiger partial charge is 0.226 e. The first-order chi connectivity index (χ1) is 14.7. The number of hydrazine groups is 1. The largest absolute Gasteiger partial charge is 0.385 e. The van der Waals surface area contributed by atoms with Crippen LogP contribution in [0.2, 0.25) is 5.28 Å². The lowest BCUT2D eigenvalue weighted by molar-refractivity contribution is 0.189. The second-order valence-corrected chi connectivity index (χ2v) is 9.18. The average molecular weight is 435 g/mol. The molecule has 0 radical (unpaired) electrons. The molecule has 1 saturated carbocycles. The second kappa shape index (κ2) is 10.7. The van der Waals surface area contributed by atoms with E-state index >= 15 is 0 Å². The van der Waals surface area contributed by atoms with E-state index in [-0.39, 0.29) is 5.28 Å². The summed E-state index contributed by atoms with van der Waals surface area (Å²) in [5.74, 6) is 1.57. The first-order valence-corrected chi connectivity index (χ1v) is 12.0. The quantitative estimate of drug-likeness (QED) is 0.408. The number of methoxy groups -OCH3 is 1. The maximum Gasteiger partial charge on any atom is 0.226 e. The molecule has 2 aliphatic rings. The van der Waals surface area contributed by atoms with Gasteiger partial charge in [-0.05, 0) is 49.6 Å². The summed E-state index contributed by atoms with van der Waals surface area (Å²) in [5.41, 5.74) is 5.17. The Morgan fingerprint density at radius 1 is 1.07 bits per heavy atom. The van der Waals surface area contributed by atoms with Gasteiger partial charge in [0.05, 0.1) is 6.33 Å². The topological polar surface area (TPSA) is 68.1 Å². The zero-order valence-corrected chi connectivity index (χ0v) is 18.9. The fourth-order valence-electron chi connectivity index (χ4n) is 4.93. The third kappa shape index (κ3) is 5.42. The molecule has 0 spiro atoms. The van der Waals surface area contributed by atoms with Crippen LogP contribution in [0.4, 0.5) is 5.82 Å². The van der Waals surface area contributed by atoms with Gasteiger partial charge in [0.15, 0.2) is 17.0 Å². The molecule has 1 saturated heterocycles. The number of aromatic nitrogens is 4.